The summed E-state index contributed by atoms with van der Waals surface area (Å²) in [5.41, 5.74) is 11.1. The highest BCUT2D eigenvalue weighted by atomic mass is 35.5. The topological polar surface area (TPSA) is 113 Å². The first-order chi connectivity index (χ1) is 21.8. The number of aromatic nitrogens is 1. The van der Waals surface area contributed by atoms with Gasteiger partial charge in [0.25, 0.3) is 0 Å². The average Bonchev–Trinajstić information content (AvgIpc) is 3.96. The number of carbonyl (C=O) groups excluding carboxylic acids is 2. The number of benzene rings is 1. The molecule has 1 aromatic heterocycles. The lowest BCUT2D eigenvalue weighted by Crippen LogP contribution is -2.51. The van der Waals surface area contributed by atoms with E-state index in [0.29, 0.717) is 42.8 Å². The van der Waals surface area contributed by atoms with E-state index in [2.05, 4.69) is 22.9 Å². The van der Waals surface area contributed by atoms with Crippen LogP contribution in [0.1, 0.15) is 54.1 Å². The number of pyridine rings is 1. The lowest BCUT2D eigenvalue weighted by atomic mass is 9.89. The predicted octanol–water partition coefficient (Wildman–Crippen LogP) is 4.38. The van der Waals surface area contributed by atoms with Crippen LogP contribution in [0, 0.1) is 5.92 Å². The van der Waals surface area contributed by atoms with Gasteiger partial charge in [-0.2, -0.15) is 0 Å². The molecule has 11 heteroatoms. The molecule has 6 rings (SSSR count). The van der Waals surface area contributed by atoms with Gasteiger partial charge in [0, 0.05) is 57.8 Å². The number of rotatable bonds is 10. The van der Waals surface area contributed by atoms with Crippen molar-refractivity contribution < 1.29 is 19.1 Å². The van der Waals surface area contributed by atoms with Gasteiger partial charge in [-0.15, -0.1) is 0 Å². The molecule has 1 aromatic carbocycles. The third-order valence-electron chi connectivity index (χ3n) is 9.39. The molecule has 2 amide bonds. The molecule has 0 bridgehead atoms. The Labute approximate surface area is 269 Å². The second-order valence-corrected chi connectivity index (χ2v) is 12.7. The number of likely N-dealkylation sites (N-methyl/N-ethyl adjacent to an activating group) is 1. The lowest BCUT2D eigenvalue weighted by molar-refractivity contribution is -0.124. The molecule has 1 aliphatic heterocycles. The van der Waals surface area contributed by atoms with E-state index in [9.17, 15) is 9.59 Å². The van der Waals surface area contributed by atoms with E-state index < -0.39 is 6.04 Å². The second-order valence-electron chi connectivity index (χ2n) is 12.3. The molecule has 3 aliphatic carbocycles. The molecular weight excluding hydrogens is 592 g/mol. The van der Waals surface area contributed by atoms with E-state index in [0.717, 1.165) is 53.6 Å². The lowest BCUT2D eigenvalue weighted by Gasteiger charge is -2.40. The smallest absolute Gasteiger partial charge is 0.410 e. The summed E-state index contributed by atoms with van der Waals surface area (Å²) in [4.78, 5) is 37.0. The molecule has 2 atom stereocenters. The fraction of sp³-hybridized carbons (Fsp3) is 0.441. The quantitative estimate of drug-likeness (QED) is 0.397. The van der Waals surface area contributed by atoms with Crippen molar-refractivity contribution in [3.05, 3.63) is 88.6 Å². The highest BCUT2D eigenvalue weighted by Gasteiger charge is 2.58. The van der Waals surface area contributed by atoms with Gasteiger partial charge in [0.2, 0.25) is 5.91 Å². The Morgan fingerprint density at radius 1 is 1.24 bits per heavy atom. The van der Waals surface area contributed by atoms with E-state index >= 15 is 0 Å². The van der Waals surface area contributed by atoms with Crippen molar-refractivity contribution in [2.45, 2.75) is 43.4 Å². The molecule has 4 aliphatic rings. The maximum absolute atomic E-state index is 13.2. The van der Waals surface area contributed by atoms with Crippen LogP contribution in [-0.2, 0) is 14.3 Å². The first-order valence-corrected chi connectivity index (χ1v) is 15.9. The minimum atomic E-state index is -0.655. The first-order valence-electron chi connectivity index (χ1n) is 15.5. The van der Waals surface area contributed by atoms with Gasteiger partial charge in [0.15, 0.2) is 0 Å². The molecule has 2 aromatic rings. The predicted molar refractivity (Wildman–Crippen MR) is 174 cm³/mol. The van der Waals surface area contributed by atoms with Crippen LogP contribution in [0.25, 0.3) is 11.6 Å². The van der Waals surface area contributed by atoms with E-state index in [1.165, 1.54) is 13.3 Å². The Morgan fingerprint density at radius 3 is 2.64 bits per heavy atom. The van der Waals surface area contributed by atoms with Gasteiger partial charge < -0.3 is 30.3 Å². The Kier molecular flexibility index (Phi) is 8.90. The van der Waals surface area contributed by atoms with Gasteiger partial charge in [0.1, 0.15) is 12.2 Å². The van der Waals surface area contributed by atoms with Crippen LogP contribution >= 0.6 is 11.6 Å². The summed E-state index contributed by atoms with van der Waals surface area (Å²) < 4.78 is 11.2. The zero-order valence-corrected chi connectivity index (χ0v) is 26.6. The zero-order chi connectivity index (χ0) is 31.7. The minimum absolute atomic E-state index is 0.114. The number of ether oxygens (including phenoxy) is 2. The van der Waals surface area contributed by atoms with Gasteiger partial charge in [-0.05, 0) is 84.3 Å². The number of nitrogens with one attached hydrogen (secondary N) is 1. The van der Waals surface area contributed by atoms with Crippen molar-refractivity contribution in [3.63, 3.8) is 0 Å². The molecule has 3 fully saturated rings. The Hall–Kier alpha value is -3.86. The molecule has 10 nitrogen and oxygen atoms in total. The average molecular weight is 633 g/mol. The fourth-order valence-corrected chi connectivity index (χ4v) is 6.87. The number of piperazine rings is 1. The maximum Gasteiger partial charge on any atom is 0.410 e. The number of nitrogens with zero attached hydrogens (tertiary/aromatic N) is 4. The van der Waals surface area contributed by atoms with E-state index in [1.54, 1.807) is 17.3 Å². The number of hydrogen-bond donors (Lipinski definition) is 2. The normalized spacial score (nSPS) is 21.4. The highest BCUT2D eigenvalue weighted by molar-refractivity contribution is 6.30. The summed E-state index contributed by atoms with van der Waals surface area (Å²) in [6, 6.07) is 8.90. The number of hydrogen-bond acceptors (Lipinski definition) is 8. The van der Waals surface area contributed by atoms with Gasteiger partial charge >= 0.3 is 6.09 Å². The largest absolute Gasteiger partial charge is 0.442 e. The van der Waals surface area contributed by atoms with Crippen molar-refractivity contribution in [1.82, 2.24) is 25.0 Å². The third kappa shape index (κ3) is 6.32. The SMILES string of the molecule is C=CN(C)/C(=C\N)C(NC(=O)COC)C1=Cc2cccnc2C(N2CCN(C(=O)OC3(C4CC4)CC3)CC2)c2ccc(Cl)cc21. The van der Waals surface area contributed by atoms with E-state index in [-0.39, 0.29) is 30.3 Å². The van der Waals surface area contributed by atoms with Crippen molar-refractivity contribution in [2.24, 2.45) is 11.7 Å². The number of halogens is 1. The van der Waals surface area contributed by atoms with Gasteiger partial charge in [-0.25, -0.2) is 4.79 Å². The maximum atomic E-state index is 13.2. The van der Waals surface area contributed by atoms with Crippen LogP contribution in [-0.4, -0.2) is 90.3 Å². The van der Waals surface area contributed by atoms with Gasteiger partial charge in [-0.3, -0.25) is 14.7 Å². The molecule has 1 saturated heterocycles. The highest BCUT2D eigenvalue weighted by Crippen LogP contribution is 2.56. The third-order valence-corrected chi connectivity index (χ3v) is 9.63. The van der Waals surface area contributed by atoms with Gasteiger partial charge in [0.05, 0.1) is 23.5 Å². The number of nitrogens with two attached hydrogens (primary N) is 1. The summed E-state index contributed by atoms with van der Waals surface area (Å²) in [6.07, 6.45) is 11.1. The van der Waals surface area contributed by atoms with Crippen LogP contribution in [0.5, 0.6) is 0 Å². The Morgan fingerprint density at radius 2 is 2.00 bits per heavy atom. The number of methoxy groups -OCH3 is 1. The Bertz CT molecular complexity index is 1530. The number of amides is 2. The molecule has 2 saturated carbocycles. The fourth-order valence-electron chi connectivity index (χ4n) is 6.69. The van der Waals surface area contributed by atoms with E-state index in [1.807, 2.05) is 42.3 Å². The number of carbonyl (C=O) groups is 2. The van der Waals surface area contributed by atoms with Crippen molar-refractivity contribution in [1.29, 1.82) is 0 Å². The van der Waals surface area contributed by atoms with Crippen molar-refractivity contribution >= 4 is 35.3 Å². The molecule has 0 spiro atoms. The van der Waals surface area contributed by atoms with Crippen LogP contribution in [0.3, 0.4) is 0 Å². The van der Waals surface area contributed by atoms with Crippen LogP contribution < -0.4 is 11.1 Å². The molecule has 2 heterocycles. The molecule has 2 unspecified atom stereocenters. The summed E-state index contributed by atoms with van der Waals surface area (Å²) in [6.45, 7) is 6.20. The monoisotopic (exact) mass is 632 g/mol. The molecule has 45 heavy (non-hydrogen) atoms. The first kappa shape index (κ1) is 31.1. The van der Waals surface area contributed by atoms with Crippen LogP contribution in [0.15, 0.2) is 61.2 Å². The zero-order valence-electron chi connectivity index (χ0n) is 25.9. The van der Waals surface area contributed by atoms with Gasteiger partial charge in [-0.1, -0.05) is 30.3 Å². The second kappa shape index (κ2) is 12.9. The van der Waals surface area contributed by atoms with Crippen molar-refractivity contribution in [2.75, 3.05) is 46.9 Å². The minimum Gasteiger partial charge on any atom is -0.442 e. The number of fused-ring (bicyclic) bond motifs is 2. The molecular formula is C34H41ClN6O4. The summed E-state index contributed by atoms with van der Waals surface area (Å²) >= 11 is 6.65. The summed E-state index contributed by atoms with van der Waals surface area (Å²) in [5.74, 6) is 0.249. The Balaban J connectivity index is 1.36. The standard InChI is InChI=1S/C34H41ClN6O4/c1-4-39(2)28(20-36)31(38-29(42)21-44-3)27-18-22-6-5-13-37-30(22)32(25-10-9-24(35)19-26(25)27)40-14-16-41(17-15-40)33(43)45-34(11-12-34)23-7-8-23/h4-6,9-10,13,18-20,23,31-32H,1,7-8,11-12,14-17,21,36H2,2-3H3,(H,38,42)/b28-20-. The van der Waals surface area contributed by atoms with Crippen LogP contribution in [0.4, 0.5) is 4.79 Å². The molecule has 3 N–H and O–H groups in total. The molecule has 238 valence electrons. The van der Waals surface area contributed by atoms with Crippen LogP contribution in [0.2, 0.25) is 5.02 Å². The van der Waals surface area contributed by atoms with Crippen molar-refractivity contribution in [3.8, 4) is 0 Å². The summed E-state index contributed by atoms with van der Waals surface area (Å²) in [5, 5.41) is 3.68. The van der Waals surface area contributed by atoms with E-state index in [4.69, 9.17) is 31.8 Å². The molecule has 0 radical (unpaired) electrons. The summed E-state index contributed by atoms with van der Waals surface area (Å²) in [7, 11) is 3.31.